The molecule has 1 aliphatic carbocycles. The predicted molar refractivity (Wildman–Crippen MR) is 151 cm³/mol. The SMILES string of the molecule is O=C(Nc1cnc2c(N3CCC(F)(F)CC3)cnn2c1)c1ccc(NS(=O)(=O)CCO)cc1N1CCC2(CC1)CC2. The fourth-order valence-corrected chi connectivity index (χ4v) is 6.55. The highest BCUT2D eigenvalue weighted by Gasteiger charge is 2.44. The van der Waals surface area contributed by atoms with Crippen molar-refractivity contribution in [1.29, 1.82) is 0 Å². The van der Waals surface area contributed by atoms with Gasteiger partial charge in [0.15, 0.2) is 5.65 Å². The van der Waals surface area contributed by atoms with Crippen LogP contribution in [0.2, 0.25) is 0 Å². The van der Waals surface area contributed by atoms with Gasteiger partial charge in [-0.2, -0.15) is 5.10 Å². The number of rotatable bonds is 8. The zero-order chi connectivity index (χ0) is 28.8. The fourth-order valence-electron chi connectivity index (χ4n) is 5.72. The number of benzene rings is 1. The highest BCUT2D eigenvalue weighted by molar-refractivity contribution is 7.92. The maximum atomic E-state index is 13.6. The van der Waals surface area contributed by atoms with Crippen LogP contribution < -0.4 is 19.8 Å². The molecule has 3 aromatic rings. The Balaban J connectivity index is 1.23. The Morgan fingerprint density at radius 3 is 2.32 bits per heavy atom. The van der Waals surface area contributed by atoms with E-state index in [-0.39, 0.29) is 31.8 Å². The lowest BCUT2D eigenvalue weighted by Gasteiger charge is -2.35. The van der Waals surface area contributed by atoms with E-state index in [0.29, 0.717) is 39.4 Å². The Bertz CT molecular complexity index is 1550. The molecule has 1 spiro atoms. The van der Waals surface area contributed by atoms with Crippen LogP contribution in [-0.2, 0) is 10.0 Å². The summed E-state index contributed by atoms with van der Waals surface area (Å²) in [6.07, 6.45) is 8.77. The second kappa shape index (κ2) is 10.4. The van der Waals surface area contributed by atoms with Gasteiger partial charge in [0.25, 0.3) is 11.8 Å². The zero-order valence-corrected chi connectivity index (χ0v) is 23.3. The topological polar surface area (TPSA) is 132 Å². The van der Waals surface area contributed by atoms with Crippen LogP contribution >= 0.6 is 0 Å². The highest BCUT2D eigenvalue weighted by Crippen LogP contribution is 2.54. The first-order chi connectivity index (χ1) is 19.6. The van der Waals surface area contributed by atoms with Crippen LogP contribution in [0.3, 0.4) is 0 Å². The lowest BCUT2D eigenvalue weighted by molar-refractivity contribution is -0.0220. The number of alkyl halides is 2. The summed E-state index contributed by atoms with van der Waals surface area (Å²) in [7, 11) is -3.73. The van der Waals surface area contributed by atoms with Crippen LogP contribution in [0.4, 0.5) is 31.5 Å². The standard InChI is InChI=1S/C27H33F2N7O4S/c28-27(29)7-11-35(12-8-27)23-17-31-36-18-20(16-30-24(23)36)32-25(38)21-2-1-19(33-41(39,40)14-13-37)15-22(21)34-9-5-26(3-4-26)6-10-34/h1-2,15-18,33,37H,3-14H2,(H,32,38). The van der Waals surface area contributed by atoms with Crippen LogP contribution in [0, 0.1) is 5.41 Å². The molecular formula is C27H33F2N7O4S. The Labute approximate surface area is 236 Å². The van der Waals surface area contributed by atoms with Crippen LogP contribution in [0.1, 0.15) is 48.9 Å². The molecule has 0 radical (unpaired) electrons. The molecule has 1 amide bonds. The van der Waals surface area contributed by atoms with E-state index < -0.39 is 28.3 Å². The maximum absolute atomic E-state index is 13.6. The summed E-state index contributed by atoms with van der Waals surface area (Å²) in [6.45, 7) is 1.45. The zero-order valence-electron chi connectivity index (χ0n) is 22.5. The molecule has 3 aliphatic rings. The quantitative estimate of drug-likeness (QED) is 0.365. The van der Waals surface area contributed by atoms with Gasteiger partial charge < -0.3 is 20.2 Å². The Morgan fingerprint density at radius 1 is 0.951 bits per heavy atom. The molecule has 6 rings (SSSR count). The number of carbonyl (C=O) groups is 1. The number of halogens is 2. The largest absolute Gasteiger partial charge is 0.395 e. The van der Waals surface area contributed by atoms with Gasteiger partial charge >= 0.3 is 0 Å². The summed E-state index contributed by atoms with van der Waals surface area (Å²) in [5, 5.41) is 16.3. The number of carbonyl (C=O) groups excluding carboxylic acids is 1. The van der Waals surface area contributed by atoms with E-state index in [1.165, 1.54) is 29.6 Å². The van der Waals surface area contributed by atoms with Gasteiger partial charge in [-0.3, -0.25) is 9.52 Å². The molecular weight excluding hydrogens is 556 g/mol. The Kier molecular flexibility index (Phi) is 7.00. The smallest absolute Gasteiger partial charge is 0.257 e. The molecule has 220 valence electrons. The van der Waals surface area contributed by atoms with Crippen LogP contribution in [0.25, 0.3) is 5.65 Å². The summed E-state index contributed by atoms with van der Waals surface area (Å²) in [5.41, 5.74) is 3.32. The fraction of sp³-hybridized carbons (Fsp3) is 0.519. The van der Waals surface area contributed by atoms with Gasteiger partial charge in [0.05, 0.1) is 53.6 Å². The molecule has 0 bridgehead atoms. The molecule has 11 nitrogen and oxygen atoms in total. The van der Waals surface area contributed by atoms with E-state index in [1.54, 1.807) is 24.5 Å². The first-order valence-electron chi connectivity index (χ1n) is 13.8. The molecule has 0 unspecified atom stereocenters. The number of nitrogens with zero attached hydrogens (tertiary/aromatic N) is 5. The van der Waals surface area contributed by atoms with Crippen molar-refractivity contribution in [3.63, 3.8) is 0 Å². The number of anilines is 4. The summed E-state index contributed by atoms with van der Waals surface area (Å²) in [6, 6.07) is 4.79. The van der Waals surface area contributed by atoms with Crippen molar-refractivity contribution in [2.75, 3.05) is 58.4 Å². The van der Waals surface area contributed by atoms with Gasteiger partial charge in [0, 0.05) is 39.0 Å². The van der Waals surface area contributed by atoms with Crippen molar-refractivity contribution in [1.82, 2.24) is 14.6 Å². The summed E-state index contributed by atoms with van der Waals surface area (Å²) >= 11 is 0. The van der Waals surface area contributed by atoms with Crippen molar-refractivity contribution >= 4 is 44.3 Å². The lowest BCUT2D eigenvalue weighted by atomic mass is 9.93. The maximum Gasteiger partial charge on any atom is 0.257 e. The number of fused-ring (bicyclic) bond motifs is 1. The third-order valence-electron chi connectivity index (χ3n) is 8.43. The lowest BCUT2D eigenvalue weighted by Crippen LogP contribution is -2.39. The first-order valence-corrected chi connectivity index (χ1v) is 15.5. The molecule has 14 heteroatoms. The minimum Gasteiger partial charge on any atom is -0.395 e. The van der Waals surface area contributed by atoms with E-state index in [0.717, 1.165) is 25.9 Å². The van der Waals surface area contributed by atoms with E-state index in [4.69, 9.17) is 5.11 Å². The van der Waals surface area contributed by atoms with Crippen LogP contribution in [0.5, 0.6) is 0 Å². The minimum absolute atomic E-state index is 0.209. The number of aliphatic hydroxyl groups is 1. The molecule has 2 saturated heterocycles. The Morgan fingerprint density at radius 2 is 1.63 bits per heavy atom. The number of sulfonamides is 1. The summed E-state index contributed by atoms with van der Waals surface area (Å²) in [4.78, 5) is 21.9. The average Bonchev–Trinajstić information content (AvgIpc) is 3.55. The van der Waals surface area contributed by atoms with Crippen molar-refractivity contribution in [3.05, 3.63) is 42.4 Å². The average molecular weight is 590 g/mol. The third kappa shape index (κ3) is 5.94. The molecule has 1 saturated carbocycles. The van der Waals surface area contributed by atoms with Gasteiger partial charge in [-0.1, -0.05) is 0 Å². The monoisotopic (exact) mass is 589 g/mol. The predicted octanol–water partition coefficient (Wildman–Crippen LogP) is 3.33. The third-order valence-corrected chi connectivity index (χ3v) is 9.70. The number of nitrogens with one attached hydrogen (secondary N) is 2. The van der Waals surface area contributed by atoms with Gasteiger partial charge in [-0.05, 0) is 49.3 Å². The number of aliphatic hydroxyl groups excluding tert-OH is 1. The van der Waals surface area contributed by atoms with Crippen LogP contribution in [0.15, 0.2) is 36.8 Å². The number of hydrogen-bond acceptors (Lipinski definition) is 8. The number of aromatic nitrogens is 3. The normalized spacial score (nSPS) is 19.9. The molecule has 2 aromatic heterocycles. The van der Waals surface area contributed by atoms with Crippen molar-refractivity contribution in [3.8, 4) is 0 Å². The van der Waals surface area contributed by atoms with Gasteiger partial charge in [0.2, 0.25) is 10.0 Å². The van der Waals surface area contributed by atoms with Gasteiger partial charge in [-0.25, -0.2) is 26.7 Å². The molecule has 0 atom stereocenters. The van der Waals surface area contributed by atoms with E-state index in [2.05, 4.69) is 25.0 Å². The van der Waals surface area contributed by atoms with E-state index in [1.807, 2.05) is 4.90 Å². The van der Waals surface area contributed by atoms with Gasteiger partial charge in [-0.15, -0.1) is 0 Å². The second-order valence-corrected chi connectivity index (χ2v) is 13.1. The second-order valence-electron chi connectivity index (χ2n) is 11.3. The molecule has 2 aliphatic heterocycles. The summed E-state index contributed by atoms with van der Waals surface area (Å²) in [5.74, 6) is -3.46. The molecule has 41 heavy (non-hydrogen) atoms. The minimum atomic E-state index is -3.73. The van der Waals surface area contributed by atoms with E-state index >= 15 is 0 Å². The highest BCUT2D eigenvalue weighted by atomic mass is 32.2. The Hall–Kier alpha value is -3.52. The molecule has 3 fully saturated rings. The van der Waals surface area contributed by atoms with Crippen molar-refractivity contribution in [2.45, 2.75) is 44.4 Å². The van der Waals surface area contributed by atoms with E-state index in [9.17, 15) is 22.0 Å². The molecule has 3 N–H and O–H groups in total. The number of hydrogen-bond donors (Lipinski definition) is 3. The van der Waals surface area contributed by atoms with Crippen molar-refractivity contribution < 1.29 is 27.1 Å². The number of amides is 1. The molecule has 4 heterocycles. The first kappa shape index (κ1) is 27.6. The van der Waals surface area contributed by atoms with Gasteiger partial charge in [0.1, 0.15) is 5.69 Å². The number of piperidine rings is 2. The van der Waals surface area contributed by atoms with Crippen molar-refractivity contribution in [2.24, 2.45) is 5.41 Å². The van der Waals surface area contributed by atoms with Crippen LogP contribution in [-0.4, -0.2) is 78.5 Å². The molecule has 1 aromatic carbocycles. The summed E-state index contributed by atoms with van der Waals surface area (Å²) < 4.78 is 55.7.